The Morgan fingerprint density at radius 2 is 2.10 bits per heavy atom. The largest absolute Gasteiger partial charge is 0.383 e. The van der Waals surface area contributed by atoms with E-state index in [0.717, 1.165) is 48.8 Å². The standard InChI is InChI=1S/C22H29N7O2/c1-31-13-12-29-11-10-15-17(8-5-9-20(15)29)24-21-19(14-30)27-28-22(26-21)25-18-7-4-2-3-6-16(18)23/h5,8-11,14,16,18H,2-4,6-7,12-13,23H2,1H3,(H2,24,25,26,28)/t16-,18+/m0/s1. The van der Waals surface area contributed by atoms with Crippen LogP contribution in [0.1, 0.15) is 42.6 Å². The quantitative estimate of drug-likeness (QED) is 0.373. The molecule has 0 spiro atoms. The van der Waals surface area contributed by atoms with E-state index >= 15 is 0 Å². The van der Waals surface area contributed by atoms with Crippen molar-refractivity contribution in [1.29, 1.82) is 0 Å². The van der Waals surface area contributed by atoms with Crippen molar-refractivity contribution in [3.05, 3.63) is 36.2 Å². The number of anilines is 3. The van der Waals surface area contributed by atoms with Gasteiger partial charge in [-0.2, -0.15) is 4.98 Å². The molecule has 0 saturated heterocycles. The van der Waals surface area contributed by atoms with Gasteiger partial charge in [0.1, 0.15) is 0 Å². The molecule has 2 atom stereocenters. The van der Waals surface area contributed by atoms with Crippen molar-refractivity contribution in [2.45, 2.75) is 50.7 Å². The molecule has 1 aromatic carbocycles. The highest BCUT2D eigenvalue weighted by molar-refractivity contribution is 5.95. The van der Waals surface area contributed by atoms with Gasteiger partial charge >= 0.3 is 0 Å². The van der Waals surface area contributed by atoms with Crippen LogP contribution in [0, 0.1) is 0 Å². The fourth-order valence-corrected chi connectivity index (χ4v) is 4.09. The minimum Gasteiger partial charge on any atom is -0.383 e. The van der Waals surface area contributed by atoms with Gasteiger partial charge in [-0.15, -0.1) is 10.2 Å². The van der Waals surface area contributed by atoms with Gasteiger partial charge in [0, 0.05) is 43.0 Å². The number of carbonyl (C=O) groups is 1. The molecule has 9 nitrogen and oxygen atoms in total. The van der Waals surface area contributed by atoms with Crippen molar-refractivity contribution in [2.24, 2.45) is 5.73 Å². The number of hydrogen-bond donors (Lipinski definition) is 3. The van der Waals surface area contributed by atoms with E-state index in [2.05, 4.69) is 36.4 Å². The maximum atomic E-state index is 11.6. The van der Waals surface area contributed by atoms with Crippen molar-refractivity contribution >= 4 is 34.6 Å². The van der Waals surface area contributed by atoms with Crippen LogP contribution in [-0.4, -0.2) is 51.8 Å². The van der Waals surface area contributed by atoms with Crippen LogP contribution in [0.3, 0.4) is 0 Å². The molecule has 9 heteroatoms. The van der Waals surface area contributed by atoms with Gasteiger partial charge < -0.3 is 25.7 Å². The molecular weight excluding hydrogens is 394 g/mol. The van der Waals surface area contributed by atoms with Gasteiger partial charge in [-0.3, -0.25) is 4.79 Å². The maximum absolute atomic E-state index is 11.6. The minimum absolute atomic E-state index is 0.0499. The van der Waals surface area contributed by atoms with E-state index in [1.54, 1.807) is 7.11 Å². The Kier molecular flexibility index (Phi) is 6.73. The van der Waals surface area contributed by atoms with Crippen LogP contribution in [0.15, 0.2) is 30.5 Å². The first kappa shape index (κ1) is 21.2. The summed E-state index contributed by atoms with van der Waals surface area (Å²) in [5.41, 5.74) is 8.39. The third kappa shape index (κ3) is 4.83. The van der Waals surface area contributed by atoms with Crippen LogP contribution >= 0.6 is 0 Å². The van der Waals surface area contributed by atoms with E-state index in [9.17, 15) is 4.79 Å². The third-order valence-electron chi connectivity index (χ3n) is 5.81. The monoisotopic (exact) mass is 423 g/mol. The molecule has 1 saturated carbocycles. The first-order chi connectivity index (χ1) is 15.2. The number of methoxy groups -OCH3 is 1. The summed E-state index contributed by atoms with van der Waals surface area (Å²) >= 11 is 0. The average molecular weight is 424 g/mol. The van der Waals surface area contributed by atoms with Crippen LogP contribution < -0.4 is 16.4 Å². The molecule has 0 amide bonds. The zero-order valence-electron chi connectivity index (χ0n) is 17.8. The van der Waals surface area contributed by atoms with E-state index in [0.29, 0.717) is 24.7 Å². The molecule has 3 aromatic rings. The van der Waals surface area contributed by atoms with Crippen LogP contribution in [0.2, 0.25) is 0 Å². The molecule has 4 N–H and O–H groups in total. The van der Waals surface area contributed by atoms with Crippen LogP contribution in [0.5, 0.6) is 0 Å². The van der Waals surface area contributed by atoms with Crippen LogP contribution in [0.4, 0.5) is 17.5 Å². The number of aromatic nitrogens is 4. The van der Waals surface area contributed by atoms with E-state index in [4.69, 9.17) is 10.5 Å². The second-order valence-electron chi connectivity index (χ2n) is 7.91. The predicted octanol–water partition coefficient (Wildman–Crippen LogP) is 3.10. The molecule has 2 heterocycles. The topological polar surface area (TPSA) is 120 Å². The van der Waals surface area contributed by atoms with Crippen LogP contribution in [0.25, 0.3) is 10.9 Å². The van der Waals surface area contributed by atoms with Gasteiger partial charge in [0.15, 0.2) is 17.8 Å². The number of fused-ring (bicyclic) bond motifs is 1. The molecule has 1 aliphatic carbocycles. The van der Waals surface area contributed by atoms with E-state index in [-0.39, 0.29) is 17.8 Å². The lowest BCUT2D eigenvalue weighted by Gasteiger charge is -2.22. The Morgan fingerprint density at radius 1 is 1.23 bits per heavy atom. The second kappa shape index (κ2) is 9.84. The highest BCUT2D eigenvalue weighted by Crippen LogP contribution is 2.28. The molecule has 0 aliphatic heterocycles. The lowest BCUT2D eigenvalue weighted by molar-refractivity contribution is 0.111. The first-order valence-electron chi connectivity index (χ1n) is 10.8. The maximum Gasteiger partial charge on any atom is 0.245 e. The summed E-state index contributed by atoms with van der Waals surface area (Å²) in [6.07, 6.45) is 8.08. The first-order valence-corrected chi connectivity index (χ1v) is 10.8. The highest BCUT2D eigenvalue weighted by Gasteiger charge is 2.22. The Balaban J connectivity index is 1.60. The van der Waals surface area contributed by atoms with E-state index in [1.165, 1.54) is 6.42 Å². The van der Waals surface area contributed by atoms with Crippen molar-refractivity contribution in [1.82, 2.24) is 19.7 Å². The van der Waals surface area contributed by atoms with E-state index < -0.39 is 0 Å². The summed E-state index contributed by atoms with van der Waals surface area (Å²) < 4.78 is 7.32. The molecule has 2 aromatic heterocycles. The van der Waals surface area contributed by atoms with Crippen molar-refractivity contribution in [2.75, 3.05) is 24.4 Å². The number of nitrogens with one attached hydrogen (secondary N) is 2. The number of benzene rings is 1. The summed E-state index contributed by atoms with van der Waals surface area (Å²) in [4.78, 5) is 16.1. The van der Waals surface area contributed by atoms with Gasteiger partial charge in [0.25, 0.3) is 0 Å². The Morgan fingerprint density at radius 3 is 2.94 bits per heavy atom. The molecule has 164 valence electrons. The molecule has 31 heavy (non-hydrogen) atoms. The molecule has 0 unspecified atom stereocenters. The molecular formula is C22H29N7O2. The van der Waals surface area contributed by atoms with Crippen LogP contribution in [-0.2, 0) is 11.3 Å². The number of nitrogens with two attached hydrogens (primary N) is 1. The Hall–Kier alpha value is -3.04. The Labute approximate surface area is 181 Å². The van der Waals surface area contributed by atoms with E-state index in [1.807, 2.05) is 24.4 Å². The van der Waals surface area contributed by atoms with Gasteiger partial charge in [-0.25, -0.2) is 0 Å². The number of nitrogens with zero attached hydrogens (tertiary/aromatic N) is 4. The molecule has 0 bridgehead atoms. The zero-order valence-corrected chi connectivity index (χ0v) is 17.8. The van der Waals surface area contributed by atoms with Gasteiger partial charge in [0.2, 0.25) is 5.95 Å². The fourth-order valence-electron chi connectivity index (χ4n) is 4.09. The summed E-state index contributed by atoms with van der Waals surface area (Å²) in [5.74, 6) is 0.743. The van der Waals surface area contributed by atoms with Gasteiger partial charge in [-0.1, -0.05) is 25.3 Å². The normalized spacial score (nSPS) is 19.2. The zero-order chi connectivity index (χ0) is 21.6. The Bertz CT molecular complexity index is 1040. The summed E-state index contributed by atoms with van der Waals surface area (Å²) in [6, 6.07) is 8.15. The molecule has 4 rings (SSSR count). The summed E-state index contributed by atoms with van der Waals surface area (Å²) in [6.45, 7) is 1.39. The second-order valence-corrected chi connectivity index (χ2v) is 7.91. The van der Waals surface area contributed by atoms with Crippen molar-refractivity contribution in [3.63, 3.8) is 0 Å². The average Bonchev–Trinajstić information content (AvgIpc) is 3.10. The van der Waals surface area contributed by atoms with Crippen molar-refractivity contribution in [3.8, 4) is 0 Å². The summed E-state index contributed by atoms with van der Waals surface area (Å²) in [5, 5.41) is 15.8. The third-order valence-corrected chi connectivity index (χ3v) is 5.81. The predicted molar refractivity (Wildman–Crippen MR) is 121 cm³/mol. The number of ether oxygens (including phenoxy) is 1. The highest BCUT2D eigenvalue weighted by atomic mass is 16.5. The SMILES string of the molecule is COCCn1ccc2c(Nc3nc(N[C@@H]4CCCCC[C@@H]4N)nnc3C=O)cccc21. The number of hydrogen-bond acceptors (Lipinski definition) is 8. The number of aldehydes is 1. The lowest BCUT2D eigenvalue weighted by atomic mass is 10.0. The fraction of sp³-hybridized carbons (Fsp3) is 0.455. The minimum atomic E-state index is 0.0499. The van der Waals surface area contributed by atoms with Crippen molar-refractivity contribution < 1.29 is 9.53 Å². The van der Waals surface area contributed by atoms with Gasteiger partial charge in [0.05, 0.1) is 12.1 Å². The molecule has 1 fully saturated rings. The number of carbonyl (C=O) groups excluding carboxylic acids is 1. The van der Waals surface area contributed by atoms with Gasteiger partial charge in [-0.05, 0) is 31.0 Å². The smallest absolute Gasteiger partial charge is 0.245 e. The summed E-state index contributed by atoms with van der Waals surface area (Å²) in [7, 11) is 1.69. The molecule has 1 aliphatic rings. The lowest BCUT2D eigenvalue weighted by Crippen LogP contribution is -2.39. The number of rotatable bonds is 8. The molecule has 0 radical (unpaired) electrons.